The molecule has 3 N–H and O–H groups in total. The SMILES string of the molecule is CC1CCCN1CC(O)c1ccc(C(N)=S)cc1. The van der Waals surface area contributed by atoms with Crippen molar-refractivity contribution in [3.8, 4) is 0 Å². The van der Waals surface area contributed by atoms with E-state index in [0.717, 1.165) is 17.7 Å². The van der Waals surface area contributed by atoms with Crippen LogP contribution in [0.15, 0.2) is 24.3 Å². The van der Waals surface area contributed by atoms with Gasteiger partial charge in [-0.2, -0.15) is 0 Å². The standard InChI is InChI=1S/C14H20N2OS/c1-10-3-2-8-16(10)9-13(17)11-4-6-12(7-5-11)14(15)18/h4-7,10,13,17H,2-3,8-9H2,1H3,(H2,15,18). The Morgan fingerprint density at radius 2 is 2.17 bits per heavy atom. The van der Waals surface area contributed by atoms with Gasteiger partial charge in [0, 0.05) is 18.2 Å². The summed E-state index contributed by atoms with van der Waals surface area (Å²) in [4.78, 5) is 2.73. The molecular weight excluding hydrogens is 244 g/mol. The summed E-state index contributed by atoms with van der Waals surface area (Å²) in [5.41, 5.74) is 7.32. The quantitative estimate of drug-likeness (QED) is 0.815. The number of likely N-dealkylation sites (tertiary alicyclic amines) is 1. The summed E-state index contributed by atoms with van der Waals surface area (Å²) in [5.74, 6) is 0. The predicted molar refractivity (Wildman–Crippen MR) is 77.6 cm³/mol. The highest BCUT2D eigenvalue weighted by Crippen LogP contribution is 2.21. The van der Waals surface area contributed by atoms with E-state index in [0.29, 0.717) is 17.6 Å². The van der Waals surface area contributed by atoms with Crippen LogP contribution in [0.2, 0.25) is 0 Å². The molecule has 1 fully saturated rings. The molecular formula is C14H20N2OS. The Kier molecular flexibility index (Phi) is 4.32. The maximum atomic E-state index is 10.2. The average Bonchev–Trinajstić information content (AvgIpc) is 2.75. The van der Waals surface area contributed by atoms with Gasteiger partial charge < -0.3 is 10.8 Å². The van der Waals surface area contributed by atoms with Crippen molar-refractivity contribution in [2.75, 3.05) is 13.1 Å². The van der Waals surface area contributed by atoms with Gasteiger partial charge in [-0.1, -0.05) is 36.5 Å². The first kappa shape index (κ1) is 13.5. The van der Waals surface area contributed by atoms with Crippen LogP contribution in [0, 0.1) is 0 Å². The number of thiocarbonyl (C=S) groups is 1. The summed E-state index contributed by atoms with van der Waals surface area (Å²) < 4.78 is 0. The second-order valence-electron chi connectivity index (χ2n) is 4.99. The molecule has 1 saturated heterocycles. The Morgan fingerprint density at radius 3 is 2.67 bits per heavy atom. The van der Waals surface area contributed by atoms with E-state index in [1.165, 1.54) is 12.8 Å². The van der Waals surface area contributed by atoms with Gasteiger partial charge >= 0.3 is 0 Å². The van der Waals surface area contributed by atoms with E-state index in [9.17, 15) is 5.11 Å². The van der Waals surface area contributed by atoms with Crippen LogP contribution >= 0.6 is 12.2 Å². The Bertz CT molecular complexity index is 418. The molecule has 3 nitrogen and oxygen atoms in total. The Balaban J connectivity index is 2.00. The zero-order chi connectivity index (χ0) is 13.1. The monoisotopic (exact) mass is 264 g/mol. The first-order chi connectivity index (χ1) is 8.58. The smallest absolute Gasteiger partial charge is 0.103 e. The summed E-state index contributed by atoms with van der Waals surface area (Å²) >= 11 is 4.91. The molecule has 0 saturated carbocycles. The number of hydrogen-bond donors (Lipinski definition) is 2. The van der Waals surface area contributed by atoms with Crippen molar-refractivity contribution in [1.29, 1.82) is 0 Å². The van der Waals surface area contributed by atoms with Crippen molar-refractivity contribution in [3.05, 3.63) is 35.4 Å². The summed E-state index contributed by atoms with van der Waals surface area (Å²) in [6, 6.07) is 8.12. The highest BCUT2D eigenvalue weighted by atomic mass is 32.1. The molecule has 0 bridgehead atoms. The zero-order valence-corrected chi connectivity index (χ0v) is 11.5. The molecule has 1 heterocycles. The molecule has 1 aromatic rings. The van der Waals surface area contributed by atoms with Gasteiger partial charge in [0.05, 0.1) is 6.10 Å². The van der Waals surface area contributed by atoms with Gasteiger partial charge in [-0.3, -0.25) is 4.90 Å². The Hall–Kier alpha value is -0.970. The molecule has 0 amide bonds. The van der Waals surface area contributed by atoms with E-state index in [1.54, 1.807) is 0 Å². The fourth-order valence-electron chi connectivity index (χ4n) is 2.46. The van der Waals surface area contributed by atoms with Crippen molar-refractivity contribution in [2.24, 2.45) is 5.73 Å². The number of benzene rings is 1. The lowest BCUT2D eigenvalue weighted by atomic mass is 10.1. The molecule has 1 aliphatic heterocycles. The fraction of sp³-hybridized carbons (Fsp3) is 0.500. The van der Waals surface area contributed by atoms with Crippen LogP contribution in [0.5, 0.6) is 0 Å². The van der Waals surface area contributed by atoms with Crippen LogP contribution in [-0.2, 0) is 0 Å². The van der Waals surface area contributed by atoms with Gasteiger partial charge in [0.1, 0.15) is 4.99 Å². The van der Waals surface area contributed by atoms with E-state index in [4.69, 9.17) is 18.0 Å². The highest BCUT2D eigenvalue weighted by molar-refractivity contribution is 7.80. The van der Waals surface area contributed by atoms with Crippen molar-refractivity contribution in [1.82, 2.24) is 4.90 Å². The summed E-state index contributed by atoms with van der Waals surface area (Å²) in [5, 5.41) is 10.2. The normalized spacial score (nSPS) is 22.0. The number of hydrogen-bond acceptors (Lipinski definition) is 3. The van der Waals surface area contributed by atoms with Gasteiger partial charge in [0.15, 0.2) is 0 Å². The molecule has 0 aliphatic carbocycles. The molecule has 4 heteroatoms. The molecule has 0 radical (unpaired) electrons. The lowest BCUT2D eigenvalue weighted by molar-refractivity contribution is 0.110. The van der Waals surface area contributed by atoms with Gasteiger partial charge in [-0.05, 0) is 31.9 Å². The fourth-order valence-corrected chi connectivity index (χ4v) is 2.60. The van der Waals surface area contributed by atoms with Gasteiger partial charge in [0.2, 0.25) is 0 Å². The lowest BCUT2D eigenvalue weighted by Crippen LogP contribution is -2.31. The minimum absolute atomic E-state index is 0.393. The maximum absolute atomic E-state index is 10.2. The molecule has 0 aromatic heterocycles. The molecule has 1 aliphatic rings. The van der Waals surface area contributed by atoms with Crippen molar-refractivity contribution < 1.29 is 5.11 Å². The van der Waals surface area contributed by atoms with Gasteiger partial charge in [-0.15, -0.1) is 0 Å². The van der Waals surface area contributed by atoms with E-state index >= 15 is 0 Å². The summed E-state index contributed by atoms with van der Waals surface area (Å²) in [6.45, 7) is 4.01. The third kappa shape index (κ3) is 3.07. The van der Waals surface area contributed by atoms with Crippen LogP contribution in [0.25, 0.3) is 0 Å². The van der Waals surface area contributed by atoms with Crippen molar-refractivity contribution in [3.63, 3.8) is 0 Å². The van der Waals surface area contributed by atoms with Gasteiger partial charge in [-0.25, -0.2) is 0 Å². The second-order valence-corrected chi connectivity index (χ2v) is 5.43. The van der Waals surface area contributed by atoms with Crippen LogP contribution in [0.1, 0.15) is 37.0 Å². The first-order valence-electron chi connectivity index (χ1n) is 6.40. The highest BCUT2D eigenvalue weighted by Gasteiger charge is 2.22. The molecule has 18 heavy (non-hydrogen) atoms. The van der Waals surface area contributed by atoms with Crippen LogP contribution < -0.4 is 5.73 Å². The van der Waals surface area contributed by atoms with Crippen molar-refractivity contribution in [2.45, 2.75) is 31.9 Å². The van der Waals surface area contributed by atoms with Crippen LogP contribution in [-0.4, -0.2) is 34.1 Å². The van der Waals surface area contributed by atoms with Gasteiger partial charge in [0.25, 0.3) is 0 Å². The molecule has 0 spiro atoms. The molecule has 2 atom stereocenters. The first-order valence-corrected chi connectivity index (χ1v) is 6.80. The average molecular weight is 264 g/mol. The minimum Gasteiger partial charge on any atom is -0.389 e. The molecule has 2 rings (SSSR count). The largest absolute Gasteiger partial charge is 0.389 e. The van der Waals surface area contributed by atoms with E-state index < -0.39 is 6.10 Å². The Labute approximate surface area is 114 Å². The molecule has 1 aromatic carbocycles. The number of aliphatic hydroxyl groups is 1. The number of β-amino-alcohol motifs (C(OH)–C–C–N with tert-alkyl or cyclic N) is 1. The summed E-state index contributed by atoms with van der Waals surface area (Å²) in [7, 11) is 0. The van der Waals surface area contributed by atoms with E-state index in [2.05, 4.69) is 11.8 Å². The molecule has 98 valence electrons. The third-order valence-electron chi connectivity index (χ3n) is 3.68. The molecule has 2 unspecified atom stereocenters. The number of rotatable bonds is 4. The number of nitrogens with zero attached hydrogens (tertiary/aromatic N) is 1. The number of nitrogens with two attached hydrogens (primary N) is 1. The maximum Gasteiger partial charge on any atom is 0.103 e. The van der Waals surface area contributed by atoms with E-state index in [-0.39, 0.29) is 0 Å². The second kappa shape index (κ2) is 5.78. The third-order valence-corrected chi connectivity index (χ3v) is 3.91. The zero-order valence-electron chi connectivity index (χ0n) is 10.7. The Morgan fingerprint density at radius 1 is 1.50 bits per heavy atom. The van der Waals surface area contributed by atoms with E-state index in [1.807, 2.05) is 24.3 Å². The predicted octanol–water partition coefficient (Wildman–Crippen LogP) is 1.84. The van der Waals surface area contributed by atoms with Crippen molar-refractivity contribution >= 4 is 17.2 Å². The minimum atomic E-state index is -0.439. The number of aliphatic hydroxyl groups excluding tert-OH is 1. The topological polar surface area (TPSA) is 49.5 Å². The summed E-state index contributed by atoms with van der Waals surface area (Å²) in [6.07, 6.45) is 2.02. The van der Waals surface area contributed by atoms with Crippen LogP contribution in [0.3, 0.4) is 0 Å². The van der Waals surface area contributed by atoms with Crippen LogP contribution in [0.4, 0.5) is 0 Å². The lowest BCUT2D eigenvalue weighted by Gasteiger charge is -2.24.